The largest absolute Gasteiger partial charge is 0.496 e. The monoisotopic (exact) mass is 436 g/mol. The molecule has 1 heterocycles. The van der Waals surface area contributed by atoms with E-state index in [0.717, 1.165) is 44.3 Å². The summed E-state index contributed by atoms with van der Waals surface area (Å²) in [6.45, 7) is 6.79. The van der Waals surface area contributed by atoms with Crippen LogP contribution in [0, 0.1) is 5.92 Å². The average Bonchev–Trinajstić information content (AvgIpc) is 2.84. The predicted octanol–water partition coefficient (Wildman–Crippen LogP) is 5.05. The third-order valence-corrected chi connectivity index (χ3v) is 7.53. The smallest absolute Gasteiger partial charge is 0.258 e. The fourth-order valence-corrected chi connectivity index (χ4v) is 5.77. The van der Waals surface area contributed by atoms with Gasteiger partial charge in [-0.1, -0.05) is 37.1 Å². The van der Waals surface area contributed by atoms with E-state index in [0.29, 0.717) is 24.3 Å². The van der Waals surface area contributed by atoms with E-state index < -0.39 is 5.60 Å². The lowest BCUT2D eigenvalue weighted by molar-refractivity contribution is -0.115. The van der Waals surface area contributed by atoms with Crippen LogP contribution in [0.3, 0.4) is 0 Å². The molecule has 0 radical (unpaired) electrons. The molecule has 2 aromatic carbocycles. The number of piperidine rings is 1. The topological polar surface area (TPSA) is 53.0 Å². The fourth-order valence-electron chi connectivity index (χ4n) is 5.77. The number of hydrogen-bond donors (Lipinski definition) is 1. The lowest BCUT2D eigenvalue weighted by atomic mass is 9.66. The second-order valence-corrected chi connectivity index (χ2v) is 9.11. The molecule has 1 amide bonds. The normalized spacial score (nSPS) is 25.2. The van der Waals surface area contributed by atoms with Crippen molar-refractivity contribution in [2.45, 2.75) is 57.6 Å². The number of likely N-dealkylation sites (tertiary alicyclic amines) is 1. The van der Waals surface area contributed by atoms with Gasteiger partial charge in [-0.2, -0.15) is 0 Å². The van der Waals surface area contributed by atoms with Crippen molar-refractivity contribution in [2.24, 2.45) is 5.92 Å². The van der Waals surface area contributed by atoms with Crippen molar-refractivity contribution in [3.63, 3.8) is 0 Å². The van der Waals surface area contributed by atoms with Crippen LogP contribution in [-0.4, -0.2) is 48.3 Å². The van der Waals surface area contributed by atoms with Crippen molar-refractivity contribution < 1.29 is 14.6 Å². The van der Waals surface area contributed by atoms with Gasteiger partial charge in [0.1, 0.15) is 5.75 Å². The van der Waals surface area contributed by atoms with Crippen LogP contribution in [0.2, 0.25) is 0 Å². The molecule has 0 unspecified atom stereocenters. The molecule has 2 fully saturated rings. The molecule has 32 heavy (non-hydrogen) atoms. The summed E-state index contributed by atoms with van der Waals surface area (Å²) in [4.78, 5) is 18.1. The first kappa shape index (κ1) is 22.7. The van der Waals surface area contributed by atoms with Gasteiger partial charge in [-0.15, -0.1) is 0 Å². The van der Waals surface area contributed by atoms with Crippen molar-refractivity contribution in [1.82, 2.24) is 4.90 Å². The van der Waals surface area contributed by atoms with Crippen molar-refractivity contribution >= 4 is 11.6 Å². The standard InChI is InChI=1S/C27H36N2O3/c1-4-28(5-2)21-15-13-20(14-16-21)25-23-11-8-9-17-27(23,31)18-19-29(25)26(30)22-10-6-7-12-24(22)32-3/h6-7,10,12-16,23,25,31H,4-5,8-9,11,17-19H2,1-3H3/t23-,25-,27+/m0/s1. The summed E-state index contributed by atoms with van der Waals surface area (Å²) < 4.78 is 5.49. The SMILES string of the molecule is CCN(CC)c1ccc([C@H]2[C@@H]3CCCC[C@@]3(O)CCN2C(=O)c2ccccc2OC)cc1. The lowest BCUT2D eigenvalue weighted by Gasteiger charge is -2.52. The summed E-state index contributed by atoms with van der Waals surface area (Å²) >= 11 is 0. The number of aliphatic hydroxyl groups is 1. The number of fused-ring (bicyclic) bond motifs is 1. The molecule has 1 saturated heterocycles. The van der Waals surface area contributed by atoms with Gasteiger partial charge >= 0.3 is 0 Å². The Balaban J connectivity index is 1.73. The molecule has 0 bridgehead atoms. The first-order valence-electron chi connectivity index (χ1n) is 12.0. The summed E-state index contributed by atoms with van der Waals surface area (Å²) in [7, 11) is 1.60. The van der Waals surface area contributed by atoms with E-state index in [4.69, 9.17) is 4.74 Å². The number of anilines is 1. The molecule has 1 aliphatic heterocycles. The first-order chi connectivity index (χ1) is 15.5. The van der Waals surface area contributed by atoms with E-state index in [2.05, 4.69) is 43.0 Å². The third kappa shape index (κ3) is 4.11. The summed E-state index contributed by atoms with van der Waals surface area (Å²) in [6, 6.07) is 15.9. The first-order valence-corrected chi connectivity index (χ1v) is 12.0. The molecule has 5 nitrogen and oxygen atoms in total. The number of benzene rings is 2. The van der Waals surface area contributed by atoms with Crippen LogP contribution in [0.4, 0.5) is 5.69 Å². The Morgan fingerprint density at radius 2 is 1.81 bits per heavy atom. The molecule has 0 spiro atoms. The van der Waals surface area contributed by atoms with E-state index in [-0.39, 0.29) is 17.9 Å². The molecule has 1 N–H and O–H groups in total. The Kier molecular flexibility index (Phi) is 6.75. The molecule has 2 aromatic rings. The molecular weight excluding hydrogens is 400 g/mol. The minimum absolute atomic E-state index is 0.0205. The Bertz CT molecular complexity index is 925. The molecule has 3 atom stereocenters. The molecule has 172 valence electrons. The second kappa shape index (κ2) is 9.53. The van der Waals surface area contributed by atoms with Gasteiger partial charge < -0.3 is 19.6 Å². The maximum Gasteiger partial charge on any atom is 0.258 e. The van der Waals surface area contributed by atoms with E-state index in [9.17, 15) is 9.90 Å². The number of ether oxygens (including phenoxy) is 1. The number of carbonyl (C=O) groups is 1. The average molecular weight is 437 g/mol. The van der Waals surface area contributed by atoms with Crippen LogP contribution in [0.15, 0.2) is 48.5 Å². The molecule has 2 aliphatic rings. The molecule has 4 rings (SSSR count). The number of para-hydroxylation sites is 1. The van der Waals surface area contributed by atoms with Crippen LogP contribution in [0.1, 0.15) is 67.9 Å². The third-order valence-electron chi connectivity index (χ3n) is 7.53. The van der Waals surface area contributed by atoms with Crippen LogP contribution < -0.4 is 9.64 Å². The zero-order chi connectivity index (χ0) is 22.7. The quantitative estimate of drug-likeness (QED) is 0.688. The van der Waals surface area contributed by atoms with Gasteiger partial charge in [0, 0.05) is 31.2 Å². The van der Waals surface area contributed by atoms with Crippen LogP contribution in [0.25, 0.3) is 0 Å². The van der Waals surface area contributed by atoms with Gasteiger partial charge in [0.15, 0.2) is 0 Å². The number of hydrogen-bond acceptors (Lipinski definition) is 4. The van der Waals surface area contributed by atoms with E-state index in [1.807, 2.05) is 29.2 Å². The summed E-state index contributed by atoms with van der Waals surface area (Å²) in [5.41, 5.74) is 2.18. The fraction of sp³-hybridized carbons (Fsp3) is 0.519. The van der Waals surface area contributed by atoms with Crippen molar-refractivity contribution in [2.75, 3.05) is 31.6 Å². The highest BCUT2D eigenvalue weighted by Gasteiger charge is 2.50. The molecule has 1 saturated carbocycles. The molecular formula is C27H36N2O3. The van der Waals surface area contributed by atoms with Crippen molar-refractivity contribution in [3.05, 3.63) is 59.7 Å². The van der Waals surface area contributed by atoms with Gasteiger partial charge in [0.25, 0.3) is 5.91 Å². The Hall–Kier alpha value is -2.53. The molecule has 5 heteroatoms. The minimum atomic E-state index is -0.696. The van der Waals surface area contributed by atoms with E-state index >= 15 is 0 Å². The maximum atomic E-state index is 13.8. The zero-order valence-corrected chi connectivity index (χ0v) is 19.6. The number of amides is 1. The highest BCUT2D eigenvalue weighted by molar-refractivity contribution is 5.97. The lowest BCUT2D eigenvalue weighted by Crippen LogP contribution is -2.56. The van der Waals surface area contributed by atoms with E-state index in [1.54, 1.807) is 7.11 Å². The summed E-state index contributed by atoms with van der Waals surface area (Å²) in [5, 5.41) is 11.5. The minimum Gasteiger partial charge on any atom is -0.496 e. The second-order valence-electron chi connectivity index (χ2n) is 9.11. The van der Waals surface area contributed by atoms with Crippen LogP contribution >= 0.6 is 0 Å². The zero-order valence-electron chi connectivity index (χ0n) is 19.6. The number of nitrogens with zero attached hydrogens (tertiary/aromatic N) is 2. The van der Waals surface area contributed by atoms with E-state index in [1.165, 1.54) is 5.69 Å². The Labute approximate surface area is 192 Å². The van der Waals surface area contributed by atoms with Crippen molar-refractivity contribution in [1.29, 1.82) is 0 Å². The Morgan fingerprint density at radius 1 is 1.09 bits per heavy atom. The molecule has 1 aliphatic carbocycles. The highest BCUT2D eigenvalue weighted by Crippen LogP contribution is 2.50. The summed E-state index contributed by atoms with van der Waals surface area (Å²) in [5.74, 6) is 0.619. The highest BCUT2D eigenvalue weighted by atomic mass is 16.5. The summed E-state index contributed by atoms with van der Waals surface area (Å²) in [6.07, 6.45) is 4.54. The van der Waals surface area contributed by atoms with Crippen LogP contribution in [0.5, 0.6) is 5.75 Å². The van der Waals surface area contributed by atoms with Gasteiger partial charge in [-0.05, 0) is 62.9 Å². The maximum absolute atomic E-state index is 13.8. The van der Waals surface area contributed by atoms with Gasteiger partial charge in [0.05, 0.1) is 24.3 Å². The molecule has 0 aromatic heterocycles. The number of rotatable bonds is 6. The number of carbonyl (C=O) groups excluding carboxylic acids is 1. The van der Waals surface area contributed by atoms with Gasteiger partial charge in [-0.25, -0.2) is 0 Å². The van der Waals surface area contributed by atoms with Crippen LogP contribution in [-0.2, 0) is 0 Å². The Morgan fingerprint density at radius 3 is 2.50 bits per heavy atom. The van der Waals surface area contributed by atoms with Gasteiger partial charge in [0.2, 0.25) is 0 Å². The van der Waals surface area contributed by atoms with Crippen molar-refractivity contribution in [3.8, 4) is 5.75 Å². The van der Waals surface area contributed by atoms with Gasteiger partial charge in [-0.3, -0.25) is 4.79 Å². The predicted molar refractivity (Wildman–Crippen MR) is 128 cm³/mol. The number of methoxy groups -OCH3 is 1.